The molecule has 2 fully saturated rings. The van der Waals surface area contributed by atoms with Gasteiger partial charge in [-0.15, -0.1) is 0 Å². The Hall–Kier alpha value is -5.01. The van der Waals surface area contributed by atoms with E-state index < -0.39 is 10.0 Å². The molecule has 2 aromatic carbocycles. The van der Waals surface area contributed by atoms with Crippen LogP contribution in [0.1, 0.15) is 43.2 Å². The second kappa shape index (κ2) is 19.6. The molecule has 3 N–H and O–H groups in total. The maximum absolute atomic E-state index is 12.8. The predicted octanol–water partition coefficient (Wildman–Crippen LogP) is 5.39. The minimum Gasteiger partial charge on any atom is -0.322 e. The molecule has 2 amide bonds. The Balaban J connectivity index is 0.000000188. The number of hydrogen-bond acceptors (Lipinski definition) is 11. The summed E-state index contributed by atoms with van der Waals surface area (Å²) in [4.78, 5) is 39.2. The standard InChI is InChI=1S/C22H27ClN6O3S.C21H25ClN6O/c1-15-4-6-17(7-5-15)25-22(30)18-14-24-21-19(20(18)23)16(2)26-29(21)13-10-27-8-11-28(12-9-27)33(3,31)32;1-14-3-5-16(6-4-14)25-21(29)17-13-24-20-18(19(17)22)15(2)26-28(20)12-11-27-9-7-23-8-10-27/h4-7,14H,8-13H2,1-3H3,(H,25,30);3-6,13,23H,7-12H2,1-2H3,(H,25,29). The molecule has 2 saturated heterocycles. The molecule has 0 spiro atoms. The van der Waals surface area contributed by atoms with E-state index in [1.54, 1.807) is 4.68 Å². The van der Waals surface area contributed by atoms with Crippen molar-refractivity contribution in [3.8, 4) is 0 Å². The van der Waals surface area contributed by atoms with Crippen molar-refractivity contribution in [1.82, 2.24) is 49.0 Å². The molecule has 0 aliphatic carbocycles. The fourth-order valence-corrected chi connectivity index (χ4v) is 9.08. The number of carbonyl (C=O) groups excluding carboxylic acids is 2. The number of amides is 2. The molecule has 4 aromatic heterocycles. The molecule has 19 heteroatoms. The molecule has 2 aliphatic heterocycles. The van der Waals surface area contributed by atoms with Crippen LogP contribution < -0.4 is 16.0 Å². The van der Waals surface area contributed by atoms with Crippen molar-refractivity contribution in [2.45, 2.75) is 40.8 Å². The van der Waals surface area contributed by atoms with E-state index in [0.29, 0.717) is 82.9 Å². The number of halogens is 2. The fourth-order valence-electron chi connectivity index (χ4n) is 7.54. The lowest BCUT2D eigenvalue weighted by molar-refractivity contribution is 0.101. The van der Waals surface area contributed by atoms with E-state index in [1.165, 1.54) is 23.0 Å². The average Bonchev–Trinajstić information content (AvgIpc) is 3.76. The van der Waals surface area contributed by atoms with Crippen LogP contribution in [0.5, 0.6) is 0 Å². The van der Waals surface area contributed by atoms with Crippen LogP contribution in [0.15, 0.2) is 60.9 Å². The highest BCUT2D eigenvalue weighted by Crippen LogP contribution is 2.31. The first-order chi connectivity index (χ1) is 29.7. The van der Waals surface area contributed by atoms with Gasteiger partial charge in [0.15, 0.2) is 11.3 Å². The Morgan fingerprint density at radius 2 is 1.03 bits per heavy atom. The highest BCUT2D eigenvalue weighted by Gasteiger charge is 2.25. The van der Waals surface area contributed by atoms with E-state index in [4.69, 9.17) is 23.2 Å². The molecule has 328 valence electrons. The zero-order chi connectivity index (χ0) is 44.1. The minimum atomic E-state index is -3.15. The summed E-state index contributed by atoms with van der Waals surface area (Å²) in [5.74, 6) is -0.602. The summed E-state index contributed by atoms with van der Waals surface area (Å²) in [6.45, 7) is 17.1. The van der Waals surface area contributed by atoms with Crippen molar-refractivity contribution in [2.24, 2.45) is 0 Å². The highest BCUT2D eigenvalue weighted by molar-refractivity contribution is 7.88. The lowest BCUT2D eigenvalue weighted by Crippen LogP contribution is -2.48. The van der Waals surface area contributed by atoms with E-state index in [-0.39, 0.29) is 11.8 Å². The lowest BCUT2D eigenvalue weighted by atomic mass is 10.2. The number of nitrogens with one attached hydrogen (secondary N) is 3. The van der Waals surface area contributed by atoms with Crippen LogP contribution in [0.25, 0.3) is 22.1 Å². The smallest absolute Gasteiger partial charge is 0.258 e. The number of piperazine rings is 2. The number of sulfonamides is 1. The largest absolute Gasteiger partial charge is 0.322 e. The van der Waals surface area contributed by atoms with Gasteiger partial charge in [-0.25, -0.2) is 27.7 Å². The van der Waals surface area contributed by atoms with Crippen LogP contribution in [-0.4, -0.2) is 136 Å². The van der Waals surface area contributed by atoms with Gasteiger partial charge in [-0.2, -0.15) is 14.5 Å². The monoisotopic (exact) mass is 902 g/mol. The van der Waals surface area contributed by atoms with Gasteiger partial charge in [0.1, 0.15) is 0 Å². The van der Waals surface area contributed by atoms with Crippen LogP contribution in [0, 0.1) is 27.7 Å². The molecule has 6 heterocycles. The second-order valence-electron chi connectivity index (χ2n) is 15.7. The third kappa shape index (κ3) is 10.6. The molecular formula is C43H52Cl2N12O4S. The first-order valence-electron chi connectivity index (χ1n) is 20.6. The summed E-state index contributed by atoms with van der Waals surface area (Å²) in [5.41, 5.74) is 7.12. The molecule has 0 saturated carbocycles. The topological polar surface area (TPSA) is 176 Å². The molecule has 0 bridgehead atoms. The maximum atomic E-state index is 12.8. The third-order valence-corrected chi connectivity index (χ3v) is 13.2. The number of anilines is 2. The van der Waals surface area contributed by atoms with Gasteiger partial charge in [0.25, 0.3) is 11.8 Å². The average molecular weight is 904 g/mol. The normalized spacial score (nSPS) is 15.4. The molecule has 8 rings (SSSR count). The Bertz CT molecular complexity index is 2670. The van der Waals surface area contributed by atoms with Gasteiger partial charge in [-0.05, 0) is 52.0 Å². The third-order valence-electron chi connectivity index (χ3n) is 11.1. The van der Waals surface area contributed by atoms with E-state index >= 15 is 0 Å². The number of benzene rings is 2. The van der Waals surface area contributed by atoms with Crippen molar-refractivity contribution in [2.75, 3.05) is 82.3 Å². The van der Waals surface area contributed by atoms with Gasteiger partial charge in [0.05, 0.1) is 62.7 Å². The first kappa shape index (κ1) is 45.0. The Morgan fingerprint density at radius 3 is 1.44 bits per heavy atom. The SMILES string of the molecule is Cc1ccc(NC(=O)c2cnc3c(c(C)nn3CCN3CCN(S(C)(=O)=O)CC3)c2Cl)cc1.Cc1ccc(NC(=O)c2cnc3c(c(C)nn3CCN3CCNCC3)c2Cl)cc1. The molecule has 0 atom stereocenters. The zero-order valence-corrected chi connectivity index (χ0v) is 37.9. The van der Waals surface area contributed by atoms with Crippen molar-refractivity contribution in [3.63, 3.8) is 0 Å². The number of aromatic nitrogens is 6. The Kier molecular flexibility index (Phi) is 14.2. The van der Waals surface area contributed by atoms with Crippen LogP contribution >= 0.6 is 23.2 Å². The summed E-state index contributed by atoms with van der Waals surface area (Å²) in [5, 5.41) is 20.4. The summed E-state index contributed by atoms with van der Waals surface area (Å²) in [7, 11) is -3.15. The summed E-state index contributed by atoms with van der Waals surface area (Å²) >= 11 is 13.2. The maximum Gasteiger partial charge on any atom is 0.258 e. The number of pyridine rings is 2. The van der Waals surface area contributed by atoms with E-state index in [0.717, 1.165) is 72.8 Å². The first-order valence-corrected chi connectivity index (χ1v) is 23.2. The van der Waals surface area contributed by atoms with Crippen LogP contribution in [0.2, 0.25) is 10.0 Å². The number of rotatable bonds is 11. The molecule has 16 nitrogen and oxygen atoms in total. The molecule has 0 unspecified atom stereocenters. The van der Waals surface area contributed by atoms with Gasteiger partial charge >= 0.3 is 0 Å². The summed E-state index contributed by atoms with van der Waals surface area (Å²) in [6, 6.07) is 15.2. The van der Waals surface area contributed by atoms with Crippen LogP contribution in [-0.2, 0) is 23.1 Å². The second-order valence-corrected chi connectivity index (χ2v) is 18.5. The van der Waals surface area contributed by atoms with E-state index in [2.05, 4.69) is 45.9 Å². The molecule has 2 aliphatic rings. The van der Waals surface area contributed by atoms with E-state index in [1.807, 2.05) is 80.9 Å². The molecule has 0 radical (unpaired) electrons. The summed E-state index contributed by atoms with van der Waals surface area (Å²) in [6.07, 6.45) is 4.26. The van der Waals surface area contributed by atoms with Crippen LogP contribution in [0.3, 0.4) is 0 Å². The quantitative estimate of drug-likeness (QED) is 0.152. The minimum absolute atomic E-state index is 0.277. The fraction of sp³-hybridized carbons (Fsp3) is 0.395. The Morgan fingerprint density at radius 1 is 0.629 bits per heavy atom. The number of carbonyl (C=O) groups is 2. The van der Waals surface area contributed by atoms with Gasteiger partial charge in [0.2, 0.25) is 10.0 Å². The molecule has 62 heavy (non-hydrogen) atoms. The predicted molar refractivity (Wildman–Crippen MR) is 245 cm³/mol. The van der Waals surface area contributed by atoms with Gasteiger partial charge in [-0.3, -0.25) is 19.4 Å². The number of nitrogens with zero attached hydrogens (tertiary/aromatic N) is 9. The Labute approximate surface area is 371 Å². The molecular weight excluding hydrogens is 852 g/mol. The number of fused-ring (bicyclic) bond motifs is 2. The van der Waals surface area contributed by atoms with Crippen molar-refractivity contribution in [3.05, 3.63) is 105 Å². The highest BCUT2D eigenvalue weighted by atomic mass is 35.5. The molecule has 6 aromatic rings. The van der Waals surface area contributed by atoms with Crippen molar-refractivity contribution < 1.29 is 18.0 Å². The van der Waals surface area contributed by atoms with Gasteiger partial charge in [-0.1, -0.05) is 58.6 Å². The van der Waals surface area contributed by atoms with E-state index in [9.17, 15) is 18.0 Å². The lowest BCUT2D eigenvalue weighted by Gasteiger charge is -2.33. The van der Waals surface area contributed by atoms with Crippen LogP contribution in [0.4, 0.5) is 11.4 Å². The number of hydrogen-bond donors (Lipinski definition) is 3. The van der Waals surface area contributed by atoms with Crippen molar-refractivity contribution >= 4 is 78.5 Å². The summed E-state index contributed by atoms with van der Waals surface area (Å²) < 4.78 is 28.6. The van der Waals surface area contributed by atoms with Crippen molar-refractivity contribution in [1.29, 1.82) is 0 Å². The zero-order valence-electron chi connectivity index (χ0n) is 35.6. The van der Waals surface area contributed by atoms with Gasteiger partial charge in [0, 0.05) is 89.2 Å². The number of aryl methyl sites for hydroxylation is 4. The van der Waals surface area contributed by atoms with Gasteiger partial charge < -0.3 is 16.0 Å².